The quantitative estimate of drug-likeness (QED) is 0.292. The van der Waals surface area contributed by atoms with Crippen molar-refractivity contribution in [3.05, 3.63) is 69.1 Å². The molecule has 4 nitrogen and oxygen atoms in total. The van der Waals surface area contributed by atoms with Crippen molar-refractivity contribution in [3.63, 3.8) is 0 Å². The Bertz CT molecular complexity index is 915. The summed E-state index contributed by atoms with van der Waals surface area (Å²) in [6.07, 6.45) is -10.9. The molecule has 1 aliphatic rings. The van der Waals surface area contributed by atoms with Gasteiger partial charge in [0.15, 0.2) is 0 Å². The standard InChI is InChI=1S/C16H9F6N3O/c17-15(18,19)7-1-3-9-11(5-7)12-6-8(16(20,21)22)2-4-10(12)14(26)13(9)24-25-23/h1-6,13-14,26H. The molecule has 2 aromatic rings. The van der Waals surface area contributed by atoms with Crippen LogP contribution in [0.1, 0.15) is 34.4 Å². The van der Waals surface area contributed by atoms with Crippen LogP contribution in [0.15, 0.2) is 41.5 Å². The molecule has 1 aliphatic carbocycles. The predicted octanol–water partition coefficient (Wildman–Crippen LogP) is 5.79. The van der Waals surface area contributed by atoms with E-state index in [-0.39, 0.29) is 22.3 Å². The molecular formula is C16H9F6N3O. The normalized spacial score (nSPS) is 19.3. The number of benzene rings is 2. The van der Waals surface area contributed by atoms with Gasteiger partial charge in [0.1, 0.15) is 0 Å². The second-order valence-electron chi connectivity index (χ2n) is 5.69. The molecule has 2 aromatic carbocycles. The zero-order valence-corrected chi connectivity index (χ0v) is 12.7. The number of rotatable bonds is 1. The molecule has 0 fully saturated rings. The number of azide groups is 1. The number of aliphatic hydroxyl groups excluding tert-OH is 1. The molecule has 3 rings (SSSR count). The van der Waals surface area contributed by atoms with E-state index in [0.29, 0.717) is 18.2 Å². The van der Waals surface area contributed by atoms with E-state index in [9.17, 15) is 31.4 Å². The predicted molar refractivity (Wildman–Crippen MR) is 78.7 cm³/mol. The van der Waals surface area contributed by atoms with Crippen molar-refractivity contribution in [2.24, 2.45) is 5.11 Å². The molecule has 0 saturated carbocycles. The Hall–Kier alpha value is -2.71. The number of halogens is 6. The summed E-state index contributed by atoms with van der Waals surface area (Å²) in [6.45, 7) is 0. The van der Waals surface area contributed by atoms with E-state index < -0.39 is 35.6 Å². The molecule has 136 valence electrons. The van der Waals surface area contributed by atoms with Crippen molar-refractivity contribution in [1.29, 1.82) is 0 Å². The number of hydrogen-bond donors (Lipinski definition) is 1. The van der Waals surface area contributed by atoms with Gasteiger partial charge in [0.2, 0.25) is 0 Å². The lowest BCUT2D eigenvalue weighted by Gasteiger charge is -2.30. The highest BCUT2D eigenvalue weighted by molar-refractivity contribution is 5.76. The highest BCUT2D eigenvalue weighted by Crippen LogP contribution is 2.49. The topological polar surface area (TPSA) is 69.0 Å². The summed E-state index contributed by atoms with van der Waals surface area (Å²) >= 11 is 0. The molecule has 10 heteroatoms. The number of nitrogens with zero attached hydrogens (tertiary/aromatic N) is 3. The zero-order valence-electron chi connectivity index (χ0n) is 12.7. The first kappa shape index (κ1) is 18.1. The number of alkyl halides is 6. The molecule has 0 aromatic heterocycles. The molecule has 0 aliphatic heterocycles. The summed E-state index contributed by atoms with van der Waals surface area (Å²) in [5, 5.41) is 13.7. The van der Waals surface area contributed by atoms with Gasteiger partial charge in [-0.1, -0.05) is 17.2 Å². The lowest BCUT2D eigenvalue weighted by molar-refractivity contribution is -0.138. The Labute approximate surface area is 142 Å². The summed E-state index contributed by atoms with van der Waals surface area (Å²) in [4.78, 5) is 2.57. The highest BCUT2D eigenvalue weighted by Gasteiger charge is 2.38. The first-order chi connectivity index (χ1) is 12.0. The van der Waals surface area contributed by atoms with Gasteiger partial charge < -0.3 is 5.11 Å². The monoisotopic (exact) mass is 373 g/mol. The molecule has 26 heavy (non-hydrogen) atoms. The third kappa shape index (κ3) is 2.97. The summed E-state index contributed by atoms with van der Waals surface area (Å²) < 4.78 is 78.0. The lowest BCUT2D eigenvalue weighted by Crippen LogP contribution is -2.18. The van der Waals surface area contributed by atoms with Gasteiger partial charge >= 0.3 is 12.4 Å². The maximum atomic E-state index is 13.0. The second-order valence-corrected chi connectivity index (χ2v) is 5.69. The van der Waals surface area contributed by atoms with E-state index in [1.165, 1.54) is 0 Å². The third-order valence-corrected chi connectivity index (χ3v) is 4.16. The lowest BCUT2D eigenvalue weighted by atomic mass is 9.79. The summed E-state index contributed by atoms with van der Waals surface area (Å²) in [7, 11) is 0. The maximum Gasteiger partial charge on any atom is 0.416 e. The molecule has 0 saturated heterocycles. The minimum absolute atomic E-state index is 0.0233. The van der Waals surface area contributed by atoms with Crippen LogP contribution in [0, 0.1) is 0 Å². The number of hydrogen-bond acceptors (Lipinski definition) is 2. The van der Waals surface area contributed by atoms with E-state index in [1.807, 2.05) is 0 Å². The summed E-state index contributed by atoms with van der Waals surface area (Å²) in [5.41, 5.74) is 6.18. The smallest absolute Gasteiger partial charge is 0.388 e. The largest absolute Gasteiger partial charge is 0.416 e. The Morgan fingerprint density at radius 1 is 0.846 bits per heavy atom. The van der Waals surface area contributed by atoms with Gasteiger partial charge in [0.05, 0.1) is 23.3 Å². The number of aliphatic hydroxyl groups is 1. The van der Waals surface area contributed by atoms with Gasteiger partial charge in [-0.05, 0) is 52.1 Å². The second kappa shape index (κ2) is 5.93. The van der Waals surface area contributed by atoms with E-state index in [2.05, 4.69) is 10.0 Å². The van der Waals surface area contributed by atoms with Crippen molar-refractivity contribution in [1.82, 2.24) is 0 Å². The fourth-order valence-electron chi connectivity index (χ4n) is 2.97. The van der Waals surface area contributed by atoms with E-state index in [1.54, 1.807) is 0 Å². The van der Waals surface area contributed by atoms with Crippen LogP contribution in [0.5, 0.6) is 0 Å². The van der Waals surface area contributed by atoms with E-state index in [4.69, 9.17) is 5.53 Å². The van der Waals surface area contributed by atoms with Crippen molar-refractivity contribution in [2.45, 2.75) is 24.5 Å². The molecule has 0 bridgehead atoms. The zero-order chi connectivity index (χ0) is 19.3. The molecule has 0 heterocycles. The van der Waals surface area contributed by atoms with Crippen molar-refractivity contribution in [3.8, 4) is 11.1 Å². The van der Waals surface area contributed by atoms with E-state index in [0.717, 1.165) is 18.2 Å². The van der Waals surface area contributed by atoms with Crippen LogP contribution in [0.2, 0.25) is 0 Å². The van der Waals surface area contributed by atoms with Crippen LogP contribution in [0.3, 0.4) is 0 Å². The first-order valence-corrected chi connectivity index (χ1v) is 7.19. The molecule has 0 spiro atoms. The molecular weight excluding hydrogens is 364 g/mol. The van der Waals surface area contributed by atoms with Crippen LogP contribution in [-0.2, 0) is 12.4 Å². The fourth-order valence-corrected chi connectivity index (χ4v) is 2.97. The van der Waals surface area contributed by atoms with Gasteiger partial charge in [0.25, 0.3) is 0 Å². The van der Waals surface area contributed by atoms with Crippen LogP contribution >= 0.6 is 0 Å². The van der Waals surface area contributed by atoms with Gasteiger partial charge in [0, 0.05) is 4.91 Å². The van der Waals surface area contributed by atoms with Crippen molar-refractivity contribution in [2.75, 3.05) is 0 Å². The summed E-state index contributed by atoms with van der Waals surface area (Å²) in [6, 6.07) is 3.55. The average Bonchev–Trinajstić information content (AvgIpc) is 2.56. The molecule has 2 atom stereocenters. The average molecular weight is 373 g/mol. The van der Waals surface area contributed by atoms with Crippen LogP contribution in [0.25, 0.3) is 21.6 Å². The fraction of sp³-hybridized carbons (Fsp3) is 0.250. The number of fused-ring (bicyclic) bond motifs is 3. The third-order valence-electron chi connectivity index (χ3n) is 4.16. The Balaban J connectivity index is 2.31. The SMILES string of the molecule is [N-]=[N+]=NC1c2ccc(C(F)(F)F)cc2-c2cc(C(F)(F)F)ccc2C1O. The van der Waals surface area contributed by atoms with E-state index >= 15 is 0 Å². The minimum atomic E-state index is -4.71. The first-order valence-electron chi connectivity index (χ1n) is 7.19. The molecule has 0 radical (unpaired) electrons. The van der Waals surface area contributed by atoms with Crippen LogP contribution in [-0.4, -0.2) is 5.11 Å². The Morgan fingerprint density at radius 2 is 1.31 bits per heavy atom. The van der Waals surface area contributed by atoms with Crippen LogP contribution in [0.4, 0.5) is 26.3 Å². The van der Waals surface area contributed by atoms with Crippen LogP contribution < -0.4 is 0 Å². The van der Waals surface area contributed by atoms with Gasteiger partial charge in [-0.15, -0.1) is 0 Å². The van der Waals surface area contributed by atoms with Crippen molar-refractivity contribution < 1.29 is 31.4 Å². The van der Waals surface area contributed by atoms with Crippen molar-refractivity contribution >= 4 is 0 Å². The Kier molecular flexibility index (Phi) is 4.12. The van der Waals surface area contributed by atoms with Gasteiger partial charge in [-0.3, -0.25) is 0 Å². The molecule has 2 unspecified atom stereocenters. The molecule has 0 amide bonds. The molecule has 1 N–H and O–H groups in total. The van der Waals surface area contributed by atoms with Gasteiger partial charge in [-0.2, -0.15) is 26.3 Å². The summed E-state index contributed by atoms with van der Waals surface area (Å²) in [5.74, 6) is 0. The minimum Gasteiger partial charge on any atom is -0.388 e. The Morgan fingerprint density at radius 3 is 1.77 bits per heavy atom. The highest BCUT2D eigenvalue weighted by atomic mass is 19.4. The maximum absolute atomic E-state index is 13.0. The van der Waals surface area contributed by atoms with Gasteiger partial charge in [-0.25, -0.2) is 0 Å².